The molecule has 3 heteroatoms. The van der Waals surface area contributed by atoms with E-state index in [2.05, 4.69) is 39.1 Å². The van der Waals surface area contributed by atoms with Gasteiger partial charge in [-0.2, -0.15) is 0 Å². The molecular formula is C17H26N2O. The number of carbonyl (C=O) groups excluding carboxylic acids is 1. The SMILES string of the molecule is CC(C)CN(CC(C)C)C(=O)c1ccc2c(c1)CCN2. The lowest BCUT2D eigenvalue weighted by molar-refractivity contribution is 0.0715. The molecule has 0 radical (unpaired) electrons. The summed E-state index contributed by atoms with van der Waals surface area (Å²) < 4.78 is 0. The summed E-state index contributed by atoms with van der Waals surface area (Å²) in [5.74, 6) is 1.16. The molecular weight excluding hydrogens is 248 g/mol. The topological polar surface area (TPSA) is 32.3 Å². The van der Waals surface area contributed by atoms with E-state index in [4.69, 9.17) is 0 Å². The van der Waals surface area contributed by atoms with E-state index in [1.807, 2.05) is 17.0 Å². The lowest BCUT2D eigenvalue weighted by Gasteiger charge is -2.26. The molecule has 110 valence electrons. The fraction of sp³-hybridized carbons (Fsp3) is 0.588. The zero-order valence-corrected chi connectivity index (χ0v) is 13.1. The highest BCUT2D eigenvalue weighted by atomic mass is 16.2. The van der Waals surface area contributed by atoms with Crippen molar-refractivity contribution in [2.75, 3.05) is 25.0 Å². The number of amides is 1. The number of hydrogen-bond donors (Lipinski definition) is 1. The van der Waals surface area contributed by atoms with Crippen LogP contribution >= 0.6 is 0 Å². The molecule has 20 heavy (non-hydrogen) atoms. The summed E-state index contributed by atoms with van der Waals surface area (Å²) in [5, 5.41) is 3.33. The minimum Gasteiger partial charge on any atom is -0.384 e. The Bertz CT molecular complexity index is 470. The molecule has 1 aromatic rings. The van der Waals surface area contributed by atoms with Gasteiger partial charge in [0.15, 0.2) is 0 Å². The van der Waals surface area contributed by atoms with Gasteiger partial charge in [0.2, 0.25) is 0 Å². The molecule has 0 aromatic heterocycles. The maximum absolute atomic E-state index is 12.7. The molecule has 0 spiro atoms. The second-order valence-electron chi connectivity index (χ2n) is 6.55. The van der Waals surface area contributed by atoms with Gasteiger partial charge in [-0.1, -0.05) is 27.7 Å². The van der Waals surface area contributed by atoms with Crippen LogP contribution in [0.4, 0.5) is 5.69 Å². The number of fused-ring (bicyclic) bond motifs is 1. The van der Waals surface area contributed by atoms with Gasteiger partial charge >= 0.3 is 0 Å². The van der Waals surface area contributed by atoms with Gasteiger partial charge in [0.05, 0.1) is 0 Å². The predicted molar refractivity (Wildman–Crippen MR) is 84.2 cm³/mol. The van der Waals surface area contributed by atoms with Crippen LogP contribution in [0.15, 0.2) is 18.2 Å². The second-order valence-corrected chi connectivity index (χ2v) is 6.55. The minimum absolute atomic E-state index is 0.169. The molecule has 1 aliphatic heterocycles. The van der Waals surface area contributed by atoms with Gasteiger partial charge in [-0.3, -0.25) is 4.79 Å². The first-order valence-electron chi connectivity index (χ1n) is 7.63. The fourth-order valence-corrected chi connectivity index (χ4v) is 2.74. The number of nitrogens with one attached hydrogen (secondary N) is 1. The molecule has 1 heterocycles. The molecule has 0 saturated carbocycles. The van der Waals surface area contributed by atoms with Gasteiger partial charge in [-0.05, 0) is 42.0 Å². The molecule has 0 bridgehead atoms. The molecule has 0 aliphatic carbocycles. The maximum atomic E-state index is 12.7. The van der Waals surface area contributed by atoms with Gasteiger partial charge in [0.1, 0.15) is 0 Å². The predicted octanol–water partition coefficient (Wildman–Crippen LogP) is 3.41. The summed E-state index contributed by atoms with van der Waals surface area (Å²) in [4.78, 5) is 14.7. The van der Waals surface area contributed by atoms with Crippen LogP contribution in [0.2, 0.25) is 0 Å². The monoisotopic (exact) mass is 274 g/mol. The Hall–Kier alpha value is -1.51. The van der Waals surface area contributed by atoms with E-state index >= 15 is 0 Å². The van der Waals surface area contributed by atoms with Crippen LogP contribution in [0.3, 0.4) is 0 Å². The van der Waals surface area contributed by atoms with E-state index in [-0.39, 0.29) is 5.91 Å². The smallest absolute Gasteiger partial charge is 0.253 e. The Kier molecular flexibility index (Phi) is 4.69. The molecule has 0 atom stereocenters. The van der Waals surface area contributed by atoms with Gasteiger partial charge in [-0.15, -0.1) is 0 Å². The first-order valence-corrected chi connectivity index (χ1v) is 7.63. The number of carbonyl (C=O) groups is 1. The minimum atomic E-state index is 0.169. The molecule has 0 fully saturated rings. The van der Waals surface area contributed by atoms with E-state index in [1.54, 1.807) is 0 Å². The highest BCUT2D eigenvalue weighted by Crippen LogP contribution is 2.24. The van der Waals surface area contributed by atoms with Crippen molar-refractivity contribution in [2.45, 2.75) is 34.1 Å². The lowest BCUT2D eigenvalue weighted by atomic mass is 10.1. The van der Waals surface area contributed by atoms with E-state index in [1.165, 1.54) is 11.3 Å². The van der Waals surface area contributed by atoms with Crippen LogP contribution < -0.4 is 5.32 Å². The Morgan fingerprint density at radius 3 is 2.45 bits per heavy atom. The van der Waals surface area contributed by atoms with Crippen molar-refractivity contribution in [1.82, 2.24) is 4.90 Å². The van der Waals surface area contributed by atoms with E-state index in [9.17, 15) is 4.79 Å². The van der Waals surface area contributed by atoms with Crippen molar-refractivity contribution in [3.8, 4) is 0 Å². The zero-order chi connectivity index (χ0) is 14.7. The van der Waals surface area contributed by atoms with E-state index < -0.39 is 0 Å². The van der Waals surface area contributed by atoms with Crippen molar-refractivity contribution in [1.29, 1.82) is 0 Å². The average Bonchev–Trinajstić information content (AvgIpc) is 2.83. The summed E-state index contributed by atoms with van der Waals surface area (Å²) in [6, 6.07) is 6.05. The third-order valence-electron chi connectivity index (χ3n) is 3.52. The van der Waals surface area contributed by atoms with Gasteiger partial charge in [0.25, 0.3) is 5.91 Å². The highest BCUT2D eigenvalue weighted by Gasteiger charge is 2.20. The van der Waals surface area contributed by atoms with Gasteiger partial charge in [-0.25, -0.2) is 0 Å². The summed E-state index contributed by atoms with van der Waals surface area (Å²) >= 11 is 0. The molecule has 1 amide bonds. The van der Waals surface area contributed by atoms with Gasteiger partial charge in [0, 0.05) is 30.9 Å². The van der Waals surface area contributed by atoms with Crippen molar-refractivity contribution >= 4 is 11.6 Å². The quantitative estimate of drug-likeness (QED) is 0.892. The molecule has 2 rings (SSSR count). The second kappa shape index (κ2) is 6.29. The lowest BCUT2D eigenvalue weighted by Crippen LogP contribution is -2.37. The van der Waals surface area contributed by atoms with Crippen LogP contribution in [-0.2, 0) is 6.42 Å². The average molecular weight is 274 g/mol. The van der Waals surface area contributed by atoms with Crippen LogP contribution in [0, 0.1) is 11.8 Å². The Morgan fingerprint density at radius 1 is 1.20 bits per heavy atom. The van der Waals surface area contributed by atoms with E-state index in [0.717, 1.165) is 31.6 Å². The third-order valence-corrected chi connectivity index (χ3v) is 3.52. The van der Waals surface area contributed by atoms with Crippen LogP contribution in [0.25, 0.3) is 0 Å². The van der Waals surface area contributed by atoms with Crippen LogP contribution in [-0.4, -0.2) is 30.4 Å². The zero-order valence-electron chi connectivity index (χ0n) is 13.1. The van der Waals surface area contributed by atoms with Crippen molar-refractivity contribution in [3.05, 3.63) is 29.3 Å². The summed E-state index contributed by atoms with van der Waals surface area (Å²) in [6.07, 6.45) is 1.02. The molecule has 1 aromatic carbocycles. The first-order chi connectivity index (χ1) is 9.47. The van der Waals surface area contributed by atoms with Crippen molar-refractivity contribution < 1.29 is 4.79 Å². The fourth-order valence-electron chi connectivity index (χ4n) is 2.74. The number of anilines is 1. The Morgan fingerprint density at radius 2 is 1.85 bits per heavy atom. The Labute approximate surface area is 122 Å². The number of hydrogen-bond acceptors (Lipinski definition) is 2. The Balaban J connectivity index is 2.17. The van der Waals surface area contributed by atoms with Crippen molar-refractivity contribution in [2.24, 2.45) is 11.8 Å². The molecule has 0 unspecified atom stereocenters. The number of benzene rings is 1. The maximum Gasteiger partial charge on any atom is 0.253 e. The van der Waals surface area contributed by atoms with E-state index in [0.29, 0.717) is 11.8 Å². The van der Waals surface area contributed by atoms with Gasteiger partial charge < -0.3 is 10.2 Å². The molecule has 3 nitrogen and oxygen atoms in total. The molecule has 0 saturated heterocycles. The summed E-state index contributed by atoms with van der Waals surface area (Å²) in [6.45, 7) is 11.3. The summed E-state index contributed by atoms with van der Waals surface area (Å²) in [7, 11) is 0. The number of nitrogens with zero attached hydrogens (tertiary/aromatic N) is 1. The molecule has 1 N–H and O–H groups in total. The first kappa shape index (κ1) is 14.9. The largest absolute Gasteiger partial charge is 0.384 e. The van der Waals surface area contributed by atoms with Crippen LogP contribution in [0.1, 0.15) is 43.6 Å². The van der Waals surface area contributed by atoms with Crippen molar-refractivity contribution in [3.63, 3.8) is 0 Å². The standard InChI is InChI=1S/C17H26N2O/c1-12(2)10-19(11-13(3)4)17(20)15-5-6-16-14(9-15)7-8-18-16/h5-6,9,12-13,18H,7-8,10-11H2,1-4H3. The highest BCUT2D eigenvalue weighted by molar-refractivity contribution is 5.95. The number of rotatable bonds is 5. The summed E-state index contributed by atoms with van der Waals surface area (Å²) in [5.41, 5.74) is 3.28. The van der Waals surface area contributed by atoms with Crippen LogP contribution in [0.5, 0.6) is 0 Å². The molecule has 1 aliphatic rings. The normalized spacial score (nSPS) is 13.5. The third kappa shape index (κ3) is 3.53.